The number of hydrogen-bond acceptors (Lipinski definition) is 7. The van der Waals surface area contributed by atoms with Crippen molar-refractivity contribution in [2.75, 3.05) is 47.5 Å². The fourth-order valence-corrected chi connectivity index (χ4v) is 4.49. The predicted molar refractivity (Wildman–Crippen MR) is 137 cm³/mol. The van der Waals surface area contributed by atoms with Gasteiger partial charge in [-0.2, -0.15) is 0 Å². The molecule has 0 amide bonds. The number of rotatable bonds is 17. The number of unbranched alkanes of at least 4 members (excludes halogenated alkanes) is 2. The van der Waals surface area contributed by atoms with E-state index in [1.807, 2.05) is 57.5 Å². The second-order valence-electron chi connectivity index (χ2n) is 9.46. The van der Waals surface area contributed by atoms with E-state index in [9.17, 15) is 14.3 Å². The number of nitrogens with zero attached hydrogens (tertiary/aromatic N) is 1. The topological polar surface area (TPSA) is 142 Å². The highest BCUT2D eigenvalue weighted by molar-refractivity contribution is 7.47. The predicted octanol–water partition coefficient (Wildman–Crippen LogP) is 4.68. The van der Waals surface area contributed by atoms with E-state index in [2.05, 4.69) is 6.92 Å². The number of ether oxygens (including phenoxy) is 2. The summed E-state index contributed by atoms with van der Waals surface area (Å²) in [5.41, 5.74) is 0. The van der Waals surface area contributed by atoms with E-state index in [4.69, 9.17) is 23.6 Å². The van der Waals surface area contributed by atoms with Gasteiger partial charge in [-0.25, -0.2) is 4.57 Å². The molecule has 0 fully saturated rings. The molecule has 3 N–H and O–H groups in total. The Labute approximate surface area is 213 Å². The van der Waals surface area contributed by atoms with Gasteiger partial charge in [0.2, 0.25) is 0 Å². The number of phosphoric ester groups is 1. The van der Waals surface area contributed by atoms with Crippen molar-refractivity contribution < 1.29 is 47.8 Å². The SMILES string of the molecule is CCCCOc1cccc2c(OCCCCOP(=O)(O)OC(CC(=O)O)C[N+](C)(C)C)cccc12.[OH-]. The highest BCUT2D eigenvalue weighted by Crippen LogP contribution is 2.45. The first-order valence-corrected chi connectivity index (χ1v) is 13.5. The van der Waals surface area contributed by atoms with Gasteiger partial charge in [0.25, 0.3) is 0 Å². The number of aliphatic carboxylic acids is 1. The summed E-state index contributed by atoms with van der Waals surface area (Å²) in [4.78, 5) is 21.1. The minimum Gasteiger partial charge on any atom is -0.870 e. The van der Waals surface area contributed by atoms with Gasteiger partial charge in [0, 0.05) is 10.8 Å². The number of likely N-dealkylation sites (N-methyl/N-ethyl adjacent to an activating group) is 1. The van der Waals surface area contributed by atoms with Crippen LogP contribution in [0.15, 0.2) is 36.4 Å². The van der Waals surface area contributed by atoms with E-state index in [1.54, 1.807) is 0 Å². The van der Waals surface area contributed by atoms with Gasteiger partial charge in [-0.05, 0) is 31.4 Å². The van der Waals surface area contributed by atoms with Crippen molar-refractivity contribution >= 4 is 24.6 Å². The minimum absolute atomic E-state index is 0. The fraction of sp³-hybridized carbons (Fsp3) is 0.560. The van der Waals surface area contributed by atoms with Gasteiger partial charge in [-0.3, -0.25) is 13.8 Å². The Kier molecular flexibility index (Phi) is 13.4. The van der Waals surface area contributed by atoms with Crippen molar-refractivity contribution in [3.05, 3.63) is 36.4 Å². The summed E-state index contributed by atoms with van der Waals surface area (Å²) in [5, 5.41) is 11.0. The van der Waals surface area contributed by atoms with Gasteiger partial charge >= 0.3 is 13.8 Å². The average molecular weight is 530 g/mol. The summed E-state index contributed by atoms with van der Waals surface area (Å²) in [6, 6.07) is 11.7. The molecular formula is C25H40NO9P. The van der Waals surface area contributed by atoms with Crippen molar-refractivity contribution in [3.8, 4) is 11.5 Å². The Balaban J connectivity index is 0.00000648. The molecule has 0 aromatic heterocycles. The molecule has 204 valence electrons. The number of carboxylic acid groups (broad SMARTS) is 1. The monoisotopic (exact) mass is 529 g/mol. The molecule has 36 heavy (non-hydrogen) atoms. The quantitative estimate of drug-likeness (QED) is 0.170. The lowest BCUT2D eigenvalue weighted by molar-refractivity contribution is -0.873. The summed E-state index contributed by atoms with van der Waals surface area (Å²) < 4.78 is 34.7. The maximum absolute atomic E-state index is 12.3. The number of carbonyl (C=O) groups is 1. The molecule has 0 aliphatic carbocycles. The lowest BCUT2D eigenvalue weighted by Gasteiger charge is -2.29. The molecule has 2 aromatic carbocycles. The van der Waals surface area contributed by atoms with Crippen LogP contribution in [0.3, 0.4) is 0 Å². The van der Waals surface area contributed by atoms with Gasteiger partial charge in [0.1, 0.15) is 24.1 Å². The summed E-state index contributed by atoms with van der Waals surface area (Å²) in [5.74, 6) is 0.478. The third kappa shape index (κ3) is 11.7. The zero-order valence-corrected chi connectivity index (χ0v) is 22.5. The molecule has 0 heterocycles. The second kappa shape index (κ2) is 15.1. The van der Waals surface area contributed by atoms with Crippen LogP contribution in [0.1, 0.15) is 39.0 Å². The van der Waals surface area contributed by atoms with Crippen molar-refractivity contribution in [3.63, 3.8) is 0 Å². The number of fused-ring (bicyclic) bond motifs is 1. The molecule has 0 spiro atoms. The lowest BCUT2D eigenvalue weighted by atomic mass is 10.1. The number of benzene rings is 2. The first-order chi connectivity index (χ1) is 16.5. The van der Waals surface area contributed by atoms with E-state index in [0.717, 1.165) is 35.1 Å². The average Bonchev–Trinajstić information content (AvgIpc) is 2.74. The minimum atomic E-state index is -4.38. The molecule has 0 saturated heterocycles. The number of phosphoric acid groups is 1. The van der Waals surface area contributed by atoms with Gasteiger partial charge < -0.3 is 29.4 Å². The standard InChI is InChI=1S/C25H38NO8P.H2O/c1-5-6-15-31-23-13-9-12-22-21(23)11-10-14-24(22)32-16-7-8-17-33-35(29,30)34-20(18-25(27)28)19-26(2,3)4;/h9-14,20H,5-8,15-19H2,1-4H3,(H-,27,28,29,30);1H2. The van der Waals surface area contributed by atoms with E-state index >= 15 is 0 Å². The third-order valence-corrected chi connectivity index (χ3v) is 6.16. The Morgan fingerprint density at radius 3 is 1.97 bits per heavy atom. The molecule has 0 saturated carbocycles. The molecule has 2 aromatic rings. The Morgan fingerprint density at radius 2 is 1.47 bits per heavy atom. The summed E-state index contributed by atoms with van der Waals surface area (Å²) >= 11 is 0. The number of hydrogen-bond donors (Lipinski definition) is 2. The van der Waals surface area contributed by atoms with E-state index in [-0.39, 0.29) is 25.0 Å². The van der Waals surface area contributed by atoms with Crippen molar-refractivity contribution in [1.82, 2.24) is 0 Å². The molecule has 0 radical (unpaired) electrons. The van der Waals surface area contributed by atoms with Crippen LogP contribution in [0.2, 0.25) is 0 Å². The molecule has 0 aliphatic heterocycles. The Bertz CT molecular complexity index is 993. The number of quaternary nitrogens is 1. The molecule has 2 rings (SSSR count). The molecule has 0 bridgehead atoms. The lowest BCUT2D eigenvalue weighted by Crippen LogP contribution is -2.42. The van der Waals surface area contributed by atoms with E-state index in [0.29, 0.717) is 30.5 Å². The van der Waals surface area contributed by atoms with Crippen LogP contribution < -0.4 is 9.47 Å². The van der Waals surface area contributed by atoms with Crippen LogP contribution in [0.5, 0.6) is 11.5 Å². The molecule has 2 atom stereocenters. The van der Waals surface area contributed by atoms with Crippen LogP contribution in [-0.4, -0.2) is 79.5 Å². The van der Waals surface area contributed by atoms with E-state index < -0.39 is 19.9 Å². The maximum Gasteiger partial charge on any atom is 0.472 e. The zero-order chi connectivity index (χ0) is 25.9. The van der Waals surface area contributed by atoms with Gasteiger partial charge in [0.15, 0.2) is 0 Å². The molecular weight excluding hydrogens is 489 g/mol. The zero-order valence-electron chi connectivity index (χ0n) is 21.6. The van der Waals surface area contributed by atoms with E-state index in [1.165, 1.54) is 0 Å². The number of carboxylic acids is 1. The first kappa shape index (κ1) is 31.8. The molecule has 2 unspecified atom stereocenters. The van der Waals surface area contributed by atoms with Crippen LogP contribution in [-0.2, 0) is 18.4 Å². The molecule has 10 nitrogen and oxygen atoms in total. The van der Waals surface area contributed by atoms with Crippen LogP contribution in [0.4, 0.5) is 0 Å². The first-order valence-electron chi connectivity index (χ1n) is 12.0. The van der Waals surface area contributed by atoms with Crippen molar-refractivity contribution in [2.45, 2.75) is 45.1 Å². The fourth-order valence-electron chi connectivity index (χ4n) is 3.56. The van der Waals surface area contributed by atoms with Crippen molar-refractivity contribution in [2.24, 2.45) is 0 Å². The Hall–Kier alpha value is -2.20. The van der Waals surface area contributed by atoms with Crippen molar-refractivity contribution in [1.29, 1.82) is 0 Å². The maximum atomic E-state index is 12.3. The second-order valence-corrected chi connectivity index (χ2v) is 10.9. The molecule has 0 aliphatic rings. The van der Waals surface area contributed by atoms with Crippen LogP contribution in [0.25, 0.3) is 10.8 Å². The van der Waals surface area contributed by atoms with Gasteiger partial charge in [0.05, 0.1) is 47.4 Å². The normalized spacial score (nSPS) is 14.0. The Morgan fingerprint density at radius 1 is 0.944 bits per heavy atom. The van der Waals surface area contributed by atoms with Gasteiger partial charge in [-0.15, -0.1) is 0 Å². The highest BCUT2D eigenvalue weighted by atomic mass is 31.2. The summed E-state index contributed by atoms with van der Waals surface area (Å²) in [6.07, 6.45) is 1.82. The highest BCUT2D eigenvalue weighted by Gasteiger charge is 2.31. The summed E-state index contributed by atoms with van der Waals surface area (Å²) in [6.45, 7) is 3.45. The third-order valence-electron chi connectivity index (χ3n) is 5.08. The van der Waals surface area contributed by atoms with Gasteiger partial charge in [-0.1, -0.05) is 37.6 Å². The smallest absolute Gasteiger partial charge is 0.472 e. The molecule has 11 heteroatoms. The van der Waals surface area contributed by atoms with Crippen LogP contribution in [0, 0.1) is 0 Å². The van der Waals surface area contributed by atoms with Crippen LogP contribution >= 0.6 is 7.82 Å². The largest absolute Gasteiger partial charge is 0.870 e. The summed E-state index contributed by atoms with van der Waals surface area (Å²) in [7, 11) is 1.16.